The number of likely N-dealkylation sites (N-methyl/N-ethyl adjacent to an activating group) is 1. The van der Waals surface area contributed by atoms with Crippen molar-refractivity contribution in [1.29, 1.82) is 0 Å². The summed E-state index contributed by atoms with van der Waals surface area (Å²) in [6.07, 6.45) is 0.640. The van der Waals surface area contributed by atoms with Crippen molar-refractivity contribution in [3.63, 3.8) is 0 Å². The van der Waals surface area contributed by atoms with Gasteiger partial charge in [0.25, 0.3) is 5.91 Å². The largest absolute Gasteiger partial charge is 0.496 e. The van der Waals surface area contributed by atoms with Crippen molar-refractivity contribution in [2.24, 2.45) is 0 Å². The summed E-state index contributed by atoms with van der Waals surface area (Å²) < 4.78 is 16.1. The van der Waals surface area contributed by atoms with E-state index in [1.165, 1.54) is 4.90 Å². The maximum absolute atomic E-state index is 12.9. The molecule has 1 atom stereocenters. The Labute approximate surface area is 171 Å². The van der Waals surface area contributed by atoms with Gasteiger partial charge in [-0.05, 0) is 18.9 Å². The molecule has 0 heterocycles. The molecule has 1 N–H and O–H groups in total. The fraction of sp³-hybridized carbons (Fsp3) is 0.364. The fourth-order valence-corrected chi connectivity index (χ4v) is 2.87. The van der Waals surface area contributed by atoms with E-state index in [0.29, 0.717) is 30.2 Å². The summed E-state index contributed by atoms with van der Waals surface area (Å²) in [4.78, 5) is 26.5. The highest BCUT2D eigenvalue weighted by Crippen LogP contribution is 2.27. The van der Waals surface area contributed by atoms with E-state index in [1.807, 2.05) is 30.3 Å². The molecule has 0 bridgehead atoms. The average Bonchev–Trinajstić information content (AvgIpc) is 2.77. The van der Waals surface area contributed by atoms with Gasteiger partial charge in [0.15, 0.2) is 6.61 Å². The monoisotopic (exact) mass is 400 g/mol. The van der Waals surface area contributed by atoms with Crippen LogP contribution in [-0.2, 0) is 16.0 Å². The number of hydrogen-bond acceptors (Lipinski definition) is 5. The van der Waals surface area contributed by atoms with Crippen LogP contribution in [0.1, 0.15) is 12.5 Å². The third-order valence-corrected chi connectivity index (χ3v) is 4.59. The van der Waals surface area contributed by atoms with Crippen molar-refractivity contribution < 1.29 is 23.8 Å². The highest BCUT2D eigenvalue weighted by Gasteiger charge is 2.25. The van der Waals surface area contributed by atoms with E-state index in [-0.39, 0.29) is 18.4 Å². The van der Waals surface area contributed by atoms with Crippen LogP contribution in [0.2, 0.25) is 0 Å². The molecule has 0 aliphatic rings. The predicted molar refractivity (Wildman–Crippen MR) is 110 cm³/mol. The van der Waals surface area contributed by atoms with Gasteiger partial charge in [-0.25, -0.2) is 0 Å². The Morgan fingerprint density at radius 1 is 1.00 bits per heavy atom. The van der Waals surface area contributed by atoms with Crippen molar-refractivity contribution in [2.45, 2.75) is 19.4 Å². The highest BCUT2D eigenvalue weighted by molar-refractivity contribution is 5.87. The second-order valence-corrected chi connectivity index (χ2v) is 6.45. The Kier molecular flexibility index (Phi) is 8.33. The van der Waals surface area contributed by atoms with Crippen LogP contribution < -0.4 is 19.5 Å². The molecule has 1 unspecified atom stereocenters. The van der Waals surface area contributed by atoms with Crippen LogP contribution in [-0.4, -0.2) is 57.2 Å². The molecule has 0 aromatic heterocycles. The van der Waals surface area contributed by atoms with E-state index in [4.69, 9.17) is 14.2 Å². The number of benzene rings is 2. The van der Waals surface area contributed by atoms with Crippen LogP contribution in [0.15, 0.2) is 48.5 Å². The Morgan fingerprint density at radius 2 is 1.59 bits per heavy atom. The van der Waals surface area contributed by atoms with Gasteiger partial charge in [-0.1, -0.05) is 30.3 Å². The number of nitrogens with one attached hydrogen (secondary N) is 1. The minimum Gasteiger partial charge on any atom is -0.496 e. The first-order chi connectivity index (χ1) is 14.0. The summed E-state index contributed by atoms with van der Waals surface area (Å²) in [5.41, 5.74) is 1.09. The van der Waals surface area contributed by atoms with Crippen LogP contribution in [0, 0.1) is 0 Å². The zero-order valence-corrected chi connectivity index (χ0v) is 17.3. The molecule has 2 rings (SSSR count). The van der Waals surface area contributed by atoms with Gasteiger partial charge in [0.1, 0.15) is 23.3 Å². The minimum atomic E-state index is -0.611. The summed E-state index contributed by atoms with van der Waals surface area (Å²) in [6, 6.07) is 14.3. The van der Waals surface area contributed by atoms with Crippen LogP contribution in [0.3, 0.4) is 0 Å². The number of hydrogen-bond donors (Lipinski definition) is 1. The van der Waals surface area contributed by atoms with Crippen molar-refractivity contribution >= 4 is 11.8 Å². The lowest BCUT2D eigenvalue weighted by Crippen LogP contribution is -2.49. The molecule has 0 radical (unpaired) electrons. The first kappa shape index (κ1) is 22.1. The first-order valence-corrected chi connectivity index (χ1v) is 9.39. The summed E-state index contributed by atoms with van der Waals surface area (Å²) in [5, 5.41) is 2.60. The number of carbonyl (C=O) groups excluding carboxylic acids is 2. The van der Waals surface area contributed by atoms with Crippen molar-refractivity contribution in [3.05, 3.63) is 54.1 Å². The number of carbonyl (C=O) groups is 2. The van der Waals surface area contributed by atoms with Gasteiger partial charge in [0.2, 0.25) is 5.91 Å². The van der Waals surface area contributed by atoms with Crippen molar-refractivity contribution in [2.75, 3.05) is 34.4 Å². The third-order valence-electron chi connectivity index (χ3n) is 4.59. The van der Waals surface area contributed by atoms with Crippen molar-refractivity contribution in [1.82, 2.24) is 10.2 Å². The van der Waals surface area contributed by atoms with Crippen LogP contribution >= 0.6 is 0 Å². The topological polar surface area (TPSA) is 77.1 Å². The molecule has 0 saturated carbocycles. The fourth-order valence-electron chi connectivity index (χ4n) is 2.87. The number of amides is 2. The lowest BCUT2D eigenvalue weighted by Gasteiger charge is -2.28. The molecule has 0 aliphatic heterocycles. The molecule has 156 valence electrons. The quantitative estimate of drug-likeness (QED) is 0.662. The van der Waals surface area contributed by atoms with E-state index < -0.39 is 6.04 Å². The second-order valence-electron chi connectivity index (χ2n) is 6.45. The lowest BCUT2D eigenvalue weighted by molar-refractivity contribution is -0.141. The molecular formula is C22H28N2O5. The SMILES string of the molecule is CNC(=O)C(C)N(CCc1ccccc1)C(=O)COc1cc(OC)cc(OC)c1. The molecule has 2 amide bonds. The maximum atomic E-state index is 12.9. The molecule has 7 heteroatoms. The Morgan fingerprint density at radius 3 is 2.14 bits per heavy atom. The van der Waals surface area contributed by atoms with E-state index in [2.05, 4.69) is 5.32 Å². The van der Waals surface area contributed by atoms with Gasteiger partial charge in [0, 0.05) is 31.8 Å². The zero-order valence-electron chi connectivity index (χ0n) is 17.3. The van der Waals surface area contributed by atoms with E-state index in [1.54, 1.807) is 46.4 Å². The molecule has 29 heavy (non-hydrogen) atoms. The lowest BCUT2D eigenvalue weighted by atomic mass is 10.1. The molecule has 0 saturated heterocycles. The number of methoxy groups -OCH3 is 2. The van der Waals surface area contributed by atoms with Crippen LogP contribution in [0.5, 0.6) is 17.2 Å². The van der Waals surface area contributed by atoms with Gasteiger partial charge in [0.05, 0.1) is 14.2 Å². The molecular weight excluding hydrogens is 372 g/mol. The summed E-state index contributed by atoms with van der Waals surface area (Å²) >= 11 is 0. The van der Waals surface area contributed by atoms with Gasteiger partial charge in [-0.3, -0.25) is 9.59 Å². The van der Waals surface area contributed by atoms with E-state index >= 15 is 0 Å². The first-order valence-electron chi connectivity index (χ1n) is 9.39. The number of rotatable bonds is 10. The third kappa shape index (κ3) is 6.41. The van der Waals surface area contributed by atoms with Crippen molar-refractivity contribution in [3.8, 4) is 17.2 Å². The summed E-state index contributed by atoms with van der Waals surface area (Å²) in [5.74, 6) is 1.07. The minimum absolute atomic E-state index is 0.202. The highest BCUT2D eigenvalue weighted by atomic mass is 16.5. The normalized spacial score (nSPS) is 11.3. The molecule has 7 nitrogen and oxygen atoms in total. The molecule has 2 aromatic rings. The average molecular weight is 400 g/mol. The Bertz CT molecular complexity index is 788. The molecule has 0 spiro atoms. The van der Waals surface area contributed by atoms with E-state index in [0.717, 1.165) is 5.56 Å². The summed E-state index contributed by atoms with van der Waals surface area (Å²) in [6.45, 7) is 1.91. The maximum Gasteiger partial charge on any atom is 0.261 e. The number of ether oxygens (including phenoxy) is 3. The standard InChI is InChI=1S/C22H28N2O5/c1-16(22(26)23-2)24(11-10-17-8-6-5-7-9-17)21(25)15-29-20-13-18(27-3)12-19(14-20)28-4/h5-9,12-14,16H,10-11,15H2,1-4H3,(H,23,26). The molecule has 2 aromatic carbocycles. The number of nitrogens with zero attached hydrogens (tertiary/aromatic N) is 1. The van der Waals surface area contributed by atoms with Gasteiger partial charge >= 0.3 is 0 Å². The zero-order chi connectivity index (χ0) is 21.2. The van der Waals surface area contributed by atoms with Gasteiger partial charge in [-0.15, -0.1) is 0 Å². The smallest absolute Gasteiger partial charge is 0.261 e. The Balaban J connectivity index is 2.09. The predicted octanol–water partition coefficient (Wildman–Crippen LogP) is 2.29. The van der Waals surface area contributed by atoms with E-state index in [9.17, 15) is 9.59 Å². The second kappa shape index (κ2) is 10.9. The molecule has 0 fully saturated rings. The van der Waals surface area contributed by atoms with Crippen LogP contribution in [0.25, 0.3) is 0 Å². The van der Waals surface area contributed by atoms with Crippen LogP contribution in [0.4, 0.5) is 0 Å². The van der Waals surface area contributed by atoms with Gasteiger partial charge in [-0.2, -0.15) is 0 Å². The van der Waals surface area contributed by atoms with Gasteiger partial charge < -0.3 is 24.4 Å². The molecule has 0 aliphatic carbocycles. The Hall–Kier alpha value is -3.22. The summed E-state index contributed by atoms with van der Waals surface area (Å²) in [7, 11) is 4.64.